The Labute approximate surface area is 116 Å². The fraction of sp³-hybridized carbons (Fsp3) is 0.917. The molecule has 0 spiro atoms. The minimum atomic E-state index is 0. The van der Waals surface area contributed by atoms with Crippen molar-refractivity contribution < 1.29 is 4.79 Å². The van der Waals surface area contributed by atoms with Crippen LogP contribution in [-0.2, 0) is 4.79 Å². The molecular formula is C12H25ClN4O. The van der Waals surface area contributed by atoms with Crippen molar-refractivity contribution in [2.45, 2.75) is 18.5 Å². The maximum Gasteiger partial charge on any atom is 0.237 e. The van der Waals surface area contributed by atoms with E-state index in [9.17, 15) is 4.79 Å². The lowest BCUT2D eigenvalue weighted by molar-refractivity contribution is -0.125. The van der Waals surface area contributed by atoms with Gasteiger partial charge < -0.3 is 15.5 Å². The Kier molecular flexibility index (Phi) is 5.85. The molecule has 0 aromatic carbocycles. The summed E-state index contributed by atoms with van der Waals surface area (Å²) in [6.45, 7) is 3.74. The van der Waals surface area contributed by atoms with Crippen LogP contribution in [0.15, 0.2) is 0 Å². The summed E-state index contributed by atoms with van der Waals surface area (Å²) >= 11 is 0. The van der Waals surface area contributed by atoms with E-state index in [1.165, 1.54) is 0 Å². The summed E-state index contributed by atoms with van der Waals surface area (Å²) in [7, 11) is 6.11. The van der Waals surface area contributed by atoms with Crippen LogP contribution in [0.3, 0.4) is 0 Å². The van der Waals surface area contributed by atoms with Crippen LogP contribution in [0, 0.1) is 5.92 Å². The van der Waals surface area contributed by atoms with E-state index >= 15 is 0 Å². The number of likely N-dealkylation sites (tertiary alicyclic amines) is 1. The van der Waals surface area contributed by atoms with E-state index < -0.39 is 0 Å². The van der Waals surface area contributed by atoms with E-state index in [4.69, 9.17) is 0 Å². The SMILES string of the molecule is CN(C)CCNC(=O)[C@@H]1C[C@@H]2CNC[C@@H]2N1C.Cl. The quantitative estimate of drug-likeness (QED) is 0.719. The van der Waals surface area contributed by atoms with Gasteiger partial charge in [0.1, 0.15) is 0 Å². The minimum Gasteiger partial charge on any atom is -0.353 e. The van der Waals surface area contributed by atoms with Crippen molar-refractivity contribution in [3.8, 4) is 0 Å². The summed E-state index contributed by atoms with van der Waals surface area (Å²) in [5.74, 6) is 0.855. The van der Waals surface area contributed by atoms with Gasteiger partial charge in [-0.25, -0.2) is 0 Å². The van der Waals surface area contributed by atoms with Gasteiger partial charge in [-0.05, 0) is 40.0 Å². The summed E-state index contributed by atoms with van der Waals surface area (Å²) in [6.07, 6.45) is 1.00. The highest BCUT2D eigenvalue weighted by atomic mass is 35.5. The largest absolute Gasteiger partial charge is 0.353 e. The van der Waals surface area contributed by atoms with Crippen molar-refractivity contribution >= 4 is 18.3 Å². The molecule has 1 amide bonds. The number of hydrogen-bond acceptors (Lipinski definition) is 4. The summed E-state index contributed by atoms with van der Waals surface area (Å²) in [4.78, 5) is 16.4. The second-order valence-corrected chi connectivity index (χ2v) is 5.50. The van der Waals surface area contributed by atoms with Gasteiger partial charge in [-0.1, -0.05) is 0 Å². The molecule has 2 heterocycles. The van der Waals surface area contributed by atoms with Crippen molar-refractivity contribution in [1.82, 2.24) is 20.4 Å². The standard InChI is InChI=1S/C12H24N4O.ClH/c1-15(2)5-4-14-12(17)10-6-9-7-13-8-11(9)16(10)3;/h9-11,13H,4-8H2,1-3H3,(H,14,17);1H/t9-,10+,11+;/m1./s1. The van der Waals surface area contributed by atoms with E-state index in [-0.39, 0.29) is 24.4 Å². The van der Waals surface area contributed by atoms with Crippen LogP contribution in [0.5, 0.6) is 0 Å². The first-order chi connectivity index (χ1) is 8.09. The average Bonchev–Trinajstić information content (AvgIpc) is 2.81. The molecule has 2 aliphatic rings. The van der Waals surface area contributed by atoms with Gasteiger partial charge in [0.05, 0.1) is 6.04 Å². The molecule has 18 heavy (non-hydrogen) atoms. The van der Waals surface area contributed by atoms with Crippen LogP contribution in [0.4, 0.5) is 0 Å². The molecule has 106 valence electrons. The third-order valence-electron chi connectivity index (χ3n) is 4.01. The Hall–Kier alpha value is -0.360. The molecule has 0 bridgehead atoms. The first-order valence-corrected chi connectivity index (χ1v) is 6.44. The van der Waals surface area contributed by atoms with Gasteiger partial charge in [0.25, 0.3) is 0 Å². The maximum atomic E-state index is 12.1. The van der Waals surface area contributed by atoms with Crippen molar-refractivity contribution in [3.05, 3.63) is 0 Å². The first kappa shape index (κ1) is 15.7. The zero-order valence-corrected chi connectivity index (χ0v) is 12.3. The molecule has 0 aromatic rings. The summed E-state index contributed by atoms with van der Waals surface area (Å²) in [5.41, 5.74) is 0. The second kappa shape index (κ2) is 6.70. The molecule has 5 nitrogen and oxygen atoms in total. The number of hydrogen-bond donors (Lipinski definition) is 2. The Morgan fingerprint density at radius 1 is 1.44 bits per heavy atom. The van der Waals surface area contributed by atoms with E-state index in [1.54, 1.807) is 0 Å². The number of nitrogens with one attached hydrogen (secondary N) is 2. The van der Waals surface area contributed by atoms with Crippen molar-refractivity contribution in [2.75, 3.05) is 47.3 Å². The molecule has 0 aliphatic carbocycles. The molecule has 2 aliphatic heterocycles. The molecule has 0 unspecified atom stereocenters. The van der Waals surface area contributed by atoms with Gasteiger partial charge in [0.2, 0.25) is 5.91 Å². The molecule has 0 saturated carbocycles. The number of nitrogens with zero attached hydrogens (tertiary/aromatic N) is 2. The second-order valence-electron chi connectivity index (χ2n) is 5.50. The molecule has 6 heteroatoms. The monoisotopic (exact) mass is 276 g/mol. The topological polar surface area (TPSA) is 47.6 Å². The summed E-state index contributed by atoms with van der Waals surface area (Å²) in [6, 6.07) is 0.633. The predicted octanol–water partition coefficient (Wildman–Crippen LogP) is -0.622. The Bertz CT molecular complexity index is 287. The van der Waals surface area contributed by atoms with Crippen LogP contribution in [0.25, 0.3) is 0 Å². The third-order valence-corrected chi connectivity index (χ3v) is 4.01. The van der Waals surface area contributed by atoms with Crippen molar-refractivity contribution in [2.24, 2.45) is 5.92 Å². The zero-order valence-electron chi connectivity index (χ0n) is 11.5. The van der Waals surface area contributed by atoms with Gasteiger partial charge in [-0.3, -0.25) is 9.69 Å². The van der Waals surface area contributed by atoms with E-state index in [2.05, 4.69) is 27.5 Å². The number of halogens is 1. The average molecular weight is 277 g/mol. The van der Waals surface area contributed by atoms with E-state index in [1.807, 2.05) is 14.1 Å². The van der Waals surface area contributed by atoms with Crippen LogP contribution in [0.2, 0.25) is 0 Å². The molecule has 0 aromatic heterocycles. The zero-order chi connectivity index (χ0) is 12.4. The summed E-state index contributed by atoms with van der Waals surface area (Å²) < 4.78 is 0. The number of likely N-dealkylation sites (N-methyl/N-ethyl adjacent to an activating group) is 2. The fourth-order valence-corrected chi connectivity index (χ4v) is 2.93. The van der Waals surface area contributed by atoms with Gasteiger partial charge in [-0.15, -0.1) is 12.4 Å². The lowest BCUT2D eigenvalue weighted by Crippen LogP contribution is -2.46. The normalized spacial score (nSPS) is 31.2. The highest BCUT2D eigenvalue weighted by Gasteiger charge is 2.44. The van der Waals surface area contributed by atoms with Crippen molar-refractivity contribution in [3.63, 3.8) is 0 Å². The van der Waals surface area contributed by atoms with Crippen LogP contribution in [-0.4, -0.2) is 75.1 Å². The highest BCUT2D eigenvalue weighted by molar-refractivity contribution is 5.85. The van der Waals surface area contributed by atoms with Gasteiger partial charge in [0.15, 0.2) is 0 Å². The first-order valence-electron chi connectivity index (χ1n) is 6.44. The van der Waals surface area contributed by atoms with Gasteiger partial charge >= 0.3 is 0 Å². The number of rotatable bonds is 4. The Morgan fingerprint density at radius 3 is 2.78 bits per heavy atom. The highest BCUT2D eigenvalue weighted by Crippen LogP contribution is 2.30. The minimum absolute atomic E-state index is 0. The number of carbonyl (C=O) groups excluding carboxylic acids is 1. The smallest absolute Gasteiger partial charge is 0.237 e. The van der Waals surface area contributed by atoms with Crippen LogP contribution < -0.4 is 10.6 Å². The Morgan fingerprint density at radius 2 is 2.17 bits per heavy atom. The predicted molar refractivity (Wildman–Crippen MR) is 75.1 cm³/mol. The third kappa shape index (κ3) is 3.35. The Balaban J connectivity index is 0.00000162. The lowest BCUT2D eigenvalue weighted by Gasteiger charge is -2.24. The molecule has 2 rings (SSSR count). The molecule has 2 N–H and O–H groups in total. The number of carbonyl (C=O) groups is 1. The molecule has 2 saturated heterocycles. The van der Waals surface area contributed by atoms with E-state index in [0.29, 0.717) is 12.0 Å². The number of amides is 1. The van der Waals surface area contributed by atoms with Crippen molar-refractivity contribution in [1.29, 1.82) is 0 Å². The van der Waals surface area contributed by atoms with Gasteiger partial charge in [0, 0.05) is 25.7 Å². The maximum absolute atomic E-state index is 12.1. The molecule has 0 radical (unpaired) electrons. The molecular weight excluding hydrogens is 252 g/mol. The molecule has 3 atom stereocenters. The summed E-state index contributed by atoms with van der Waals surface area (Å²) in [5, 5.41) is 6.43. The van der Waals surface area contributed by atoms with Crippen LogP contribution in [0.1, 0.15) is 6.42 Å². The van der Waals surface area contributed by atoms with Crippen LogP contribution >= 0.6 is 12.4 Å². The fourth-order valence-electron chi connectivity index (χ4n) is 2.93. The number of fused-ring (bicyclic) bond motifs is 1. The van der Waals surface area contributed by atoms with Gasteiger partial charge in [-0.2, -0.15) is 0 Å². The lowest BCUT2D eigenvalue weighted by atomic mass is 10.0. The van der Waals surface area contributed by atoms with E-state index in [0.717, 1.165) is 32.6 Å². The molecule has 2 fully saturated rings.